The molecule has 0 bridgehead atoms. The number of aliphatic hydroxyl groups excluding tert-OH is 1. The number of hydrazine groups is 1. The summed E-state index contributed by atoms with van der Waals surface area (Å²) in [6, 6.07) is -0.726. The predicted molar refractivity (Wildman–Crippen MR) is 44.9 cm³/mol. The third-order valence-electron chi connectivity index (χ3n) is 1.31. The van der Waals surface area contributed by atoms with Crippen molar-refractivity contribution in [2.24, 2.45) is 0 Å². The molecule has 0 aliphatic carbocycles. The molecule has 76 valence electrons. The Labute approximate surface area is 75.9 Å². The fourth-order valence-corrected chi connectivity index (χ4v) is 0.692. The van der Waals surface area contributed by atoms with E-state index in [4.69, 9.17) is 10.2 Å². The van der Waals surface area contributed by atoms with Gasteiger partial charge < -0.3 is 15.0 Å². The van der Waals surface area contributed by atoms with E-state index in [1.54, 1.807) is 0 Å². The van der Waals surface area contributed by atoms with Crippen LogP contribution in [0.4, 0.5) is 0 Å². The summed E-state index contributed by atoms with van der Waals surface area (Å²) in [6.07, 6.45) is 0.821. The Balaban J connectivity index is 3.48. The second-order valence-electron chi connectivity index (χ2n) is 2.49. The number of hydrogen-bond donors (Lipinski definition) is 4. The first kappa shape index (κ1) is 12.0. The quantitative estimate of drug-likeness (QED) is 0.211. The summed E-state index contributed by atoms with van der Waals surface area (Å²) in [4.78, 5) is 20.5. The summed E-state index contributed by atoms with van der Waals surface area (Å²) in [6.45, 7) is 0.541. The van der Waals surface area contributed by atoms with Gasteiger partial charge in [-0.15, -0.1) is 0 Å². The van der Waals surface area contributed by atoms with Crippen molar-refractivity contribution in [1.29, 1.82) is 0 Å². The van der Waals surface area contributed by atoms with Gasteiger partial charge in [0.25, 0.3) is 0 Å². The number of nitrogens with one attached hydrogen (secondary N) is 2. The van der Waals surface area contributed by atoms with E-state index in [1.165, 1.54) is 0 Å². The molecule has 0 rings (SSSR count). The first-order chi connectivity index (χ1) is 6.20. The molecule has 0 aromatic heterocycles. The third-order valence-corrected chi connectivity index (χ3v) is 1.31. The Kier molecular flexibility index (Phi) is 7.08. The smallest absolute Gasteiger partial charge is 0.305 e. The summed E-state index contributed by atoms with van der Waals surface area (Å²) in [5, 5.41) is 16.8. The number of aliphatic hydroxyl groups is 1. The normalized spacial score (nSPS) is 12.4. The van der Waals surface area contributed by atoms with Crippen molar-refractivity contribution in [3.63, 3.8) is 0 Å². The molecular formula is C7H14N2O4. The highest BCUT2D eigenvalue weighted by Gasteiger charge is 2.10. The van der Waals surface area contributed by atoms with Gasteiger partial charge in [-0.05, 0) is 6.42 Å². The van der Waals surface area contributed by atoms with Crippen LogP contribution in [-0.4, -0.2) is 41.7 Å². The van der Waals surface area contributed by atoms with E-state index in [-0.39, 0.29) is 13.0 Å². The molecule has 0 aromatic carbocycles. The first-order valence-corrected chi connectivity index (χ1v) is 3.97. The van der Waals surface area contributed by atoms with Crippen LogP contribution < -0.4 is 10.9 Å². The molecule has 0 saturated carbocycles. The van der Waals surface area contributed by atoms with Crippen molar-refractivity contribution in [2.75, 3.05) is 13.2 Å². The monoisotopic (exact) mass is 190 g/mol. The molecule has 6 heteroatoms. The number of hydrogen-bond acceptors (Lipinski definition) is 5. The maximum Gasteiger partial charge on any atom is 0.305 e. The van der Waals surface area contributed by atoms with Crippen LogP contribution in [0.2, 0.25) is 0 Å². The van der Waals surface area contributed by atoms with Gasteiger partial charge in [-0.25, -0.2) is 5.43 Å². The zero-order valence-corrected chi connectivity index (χ0v) is 7.19. The van der Waals surface area contributed by atoms with Gasteiger partial charge in [-0.1, -0.05) is 0 Å². The highest BCUT2D eigenvalue weighted by Crippen LogP contribution is 1.85. The lowest BCUT2D eigenvalue weighted by molar-refractivity contribution is -0.138. The van der Waals surface area contributed by atoms with E-state index in [1.807, 2.05) is 0 Å². The number of carboxylic acid groups (broad SMARTS) is 1. The SMILES string of the molecule is O=C[C@H](CC(=O)O)NNCCCO. The van der Waals surface area contributed by atoms with Gasteiger partial charge in [0.05, 0.1) is 12.5 Å². The lowest BCUT2D eigenvalue weighted by Gasteiger charge is -2.10. The van der Waals surface area contributed by atoms with Gasteiger partial charge in [-0.2, -0.15) is 0 Å². The van der Waals surface area contributed by atoms with E-state index in [0.717, 1.165) is 0 Å². The molecule has 0 saturated heterocycles. The van der Waals surface area contributed by atoms with Gasteiger partial charge in [0.2, 0.25) is 0 Å². The number of rotatable bonds is 8. The molecule has 0 amide bonds. The number of carbonyl (C=O) groups is 2. The Bertz CT molecular complexity index is 163. The standard InChI is InChI=1S/C7H14N2O4/c10-3-1-2-8-9-6(5-11)4-7(12)13/h5-6,8-10H,1-4H2,(H,12,13)/t6-/m0/s1. The second kappa shape index (κ2) is 7.66. The van der Waals surface area contributed by atoms with E-state index >= 15 is 0 Å². The molecular weight excluding hydrogens is 176 g/mol. The Hall–Kier alpha value is -0.980. The molecule has 4 N–H and O–H groups in total. The van der Waals surface area contributed by atoms with Crippen molar-refractivity contribution in [3.8, 4) is 0 Å². The lowest BCUT2D eigenvalue weighted by Crippen LogP contribution is -2.43. The van der Waals surface area contributed by atoms with Crippen molar-refractivity contribution in [1.82, 2.24) is 10.9 Å². The number of carboxylic acids is 1. The summed E-state index contributed by atoms with van der Waals surface area (Å²) in [5.74, 6) is -1.03. The fourth-order valence-electron chi connectivity index (χ4n) is 0.692. The minimum absolute atomic E-state index is 0.0549. The van der Waals surface area contributed by atoms with Crippen molar-refractivity contribution in [2.45, 2.75) is 18.9 Å². The van der Waals surface area contributed by atoms with Crippen LogP contribution in [0.15, 0.2) is 0 Å². The van der Waals surface area contributed by atoms with Crippen LogP contribution in [-0.2, 0) is 9.59 Å². The Morgan fingerprint density at radius 3 is 2.69 bits per heavy atom. The first-order valence-electron chi connectivity index (χ1n) is 3.97. The van der Waals surface area contributed by atoms with Crippen LogP contribution in [0.25, 0.3) is 0 Å². The Morgan fingerprint density at radius 1 is 1.54 bits per heavy atom. The molecule has 0 aliphatic heterocycles. The van der Waals surface area contributed by atoms with E-state index in [9.17, 15) is 9.59 Å². The molecule has 0 spiro atoms. The third kappa shape index (κ3) is 7.38. The number of aldehydes is 1. The number of aliphatic carboxylic acids is 1. The van der Waals surface area contributed by atoms with Crippen LogP contribution in [0.1, 0.15) is 12.8 Å². The Morgan fingerprint density at radius 2 is 2.23 bits per heavy atom. The average Bonchev–Trinajstić information content (AvgIpc) is 2.09. The van der Waals surface area contributed by atoms with Crippen molar-refractivity contribution >= 4 is 12.3 Å². The molecule has 0 unspecified atom stereocenters. The lowest BCUT2D eigenvalue weighted by atomic mass is 10.2. The van der Waals surface area contributed by atoms with Gasteiger partial charge in [0, 0.05) is 13.2 Å². The van der Waals surface area contributed by atoms with Crippen LogP contribution in [0.3, 0.4) is 0 Å². The van der Waals surface area contributed by atoms with E-state index < -0.39 is 12.0 Å². The molecule has 0 aromatic rings. The minimum atomic E-state index is -1.03. The molecule has 0 radical (unpaired) electrons. The molecule has 6 nitrogen and oxygen atoms in total. The van der Waals surface area contributed by atoms with Gasteiger partial charge >= 0.3 is 5.97 Å². The maximum absolute atomic E-state index is 10.3. The molecule has 0 aliphatic rings. The van der Waals surface area contributed by atoms with Gasteiger partial charge in [0.1, 0.15) is 6.29 Å². The largest absolute Gasteiger partial charge is 0.481 e. The summed E-state index contributed by atoms with van der Waals surface area (Å²) in [7, 11) is 0. The van der Waals surface area contributed by atoms with Crippen molar-refractivity contribution < 1.29 is 19.8 Å². The van der Waals surface area contributed by atoms with E-state index in [0.29, 0.717) is 19.3 Å². The van der Waals surface area contributed by atoms with Gasteiger partial charge in [-0.3, -0.25) is 10.2 Å². The topological polar surface area (TPSA) is 98.7 Å². The van der Waals surface area contributed by atoms with E-state index in [2.05, 4.69) is 10.9 Å². The predicted octanol–water partition coefficient (Wildman–Crippen LogP) is -1.49. The fraction of sp³-hybridized carbons (Fsp3) is 0.714. The number of carbonyl (C=O) groups excluding carboxylic acids is 1. The van der Waals surface area contributed by atoms with Gasteiger partial charge in [0.15, 0.2) is 0 Å². The van der Waals surface area contributed by atoms with Crippen LogP contribution in [0.5, 0.6) is 0 Å². The van der Waals surface area contributed by atoms with Crippen molar-refractivity contribution in [3.05, 3.63) is 0 Å². The molecule has 13 heavy (non-hydrogen) atoms. The molecule has 0 heterocycles. The molecule has 0 fully saturated rings. The highest BCUT2D eigenvalue weighted by atomic mass is 16.4. The maximum atomic E-state index is 10.3. The molecule has 1 atom stereocenters. The zero-order valence-electron chi connectivity index (χ0n) is 7.19. The zero-order chi connectivity index (χ0) is 10.1. The summed E-state index contributed by atoms with van der Waals surface area (Å²) in [5.41, 5.74) is 5.16. The minimum Gasteiger partial charge on any atom is -0.481 e. The average molecular weight is 190 g/mol. The summed E-state index contributed by atoms with van der Waals surface area (Å²) < 4.78 is 0. The van der Waals surface area contributed by atoms with Crippen LogP contribution in [0, 0.1) is 0 Å². The van der Waals surface area contributed by atoms with Crippen LogP contribution >= 0.6 is 0 Å². The summed E-state index contributed by atoms with van der Waals surface area (Å²) >= 11 is 0. The highest BCUT2D eigenvalue weighted by molar-refractivity contribution is 5.73. The second-order valence-corrected chi connectivity index (χ2v) is 2.49.